The van der Waals surface area contributed by atoms with Gasteiger partial charge in [0.15, 0.2) is 0 Å². The van der Waals surface area contributed by atoms with E-state index in [0.29, 0.717) is 13.0 Å². The first-order valence-electron chi connectivity index (χ1n) is 8.89. The molecule has 0 aromatic rings. The molecule has 0 aliphatic carbocycles. The molecule has 0 saturated carbocycles. The molecule has 4 N–H and O–H groups in total. The summed E-state index contributed by atoms with van der Waals surface area (Å²) in [5, 5.41) is 10.2. The number of ether oxygens (including phenoxy) is 2. The molecule has 8 nitrogen and oxygen atoms in total. The highest BCUT2D eigenvalue weighted by atomic mass is 31.2. The first-order chi connectivity index (χ1) is 11.6. The number of phosphoric acid groups is 1. The van der Waals surface area contributed by atoms with E-state index in [2.05, 4.69) is 0 Å². The topological polar surface area (TPSA) is 120 Å². The summed E-state index contributed by atoms with van der Waals surface area (Å²) >= 11 is 0. The predicted molar refractivity (Wildman–Crippen MR) is 94.2 cm³/mol. The van der Waals surface area contributed by atoms with Gasteiger partial charge in [-0.3, -0.25) is 9.05 Å². The molecule has 9 heteroatoms. The molecule has 5 atom stereocenters. The van der Waals surface area contributed by atoms with E-state index < -0.39 is 37.8 Å². The number of hydrogen-bond acceptors (Lipinski definition) is 7. The molecule has 1 aliphatic rings. The molecule has 1 fully saturated rings. The summed E-state index contributed by atoms with van der Waals surface area (Å²) in [5.41, 5.74) is 4.92. The number of phosphoric ester groups is 1. The molecule has 150 valence electrons. The molecule has 1 heterocycles. The molecule has 1 unspecified atom stereocenters. The highest BCUT2D eigenvalue weighted by molar-refractivity contribution is 7.47. The number of unbranched alkanes of at least 4 members (excludes halogenated alkanes) is 3. The molecule has 1 aliphatic heterocycles. The lowest BCUT2D eigenvalue weighted by molar-refractivity contribution is -0.119. The first kappa shape index (κ1) is 23.0. The molecule has 0 aromatic heterocycles. The predicted octanol–water partition coefficient (Wildman–Crippen LogP) is 1.97. The third-order valence-corrected chi connectivity index (χ3v) is 4.80. The van der Waals surface area contributed by atoms with Crippen LogP contribution in [0.25, 0.3) is 0 Å². The van der Waals surface area contributed by atoms with Crippen molar-refractivity contribution in [1.82, 2.24) is 0 Å². The lowest BCUT2D eigenvalue weighted by Crippen LogP contribution is -2.41. The maximum Gasteiger partial charge on any atom is 0.472 e. The van der Waals surface area contributed by atoms with Crippen molar-refractivity contribution in [1.29, 1.82) is 0 Å². The van der Waals surface area contributed by atoms with Gasteiger partial charge in [0.2, 0.25) is 0 Å². The Morgan fingerprint density at radius 1 is 1.16 bits per heavy atom. The second kappa shape index (κ2) is 10.3. The van der Waals surface area contributed by atoms with E-state index in [-0.39, 0.29) is 13.2 Å². The van der Waals surface area contributed by atoms with Crippen LogP contribution in [0.2, 0.25) is 0 Å². The minimum absolute atomic E-state index is 0.144. The molecule has 1 rings (SSSR count). The van der Waals surface area contributed by atoms with E-state index in [1.54, 1.807) is 6.92 Å². The van der Waals surface area contributed by atoms with Crippen molar-refractivity contribution in [2.45, 2.75) is 83.4 Å². The minimum Gasteiger partial charge on any atom is -0.388 e. The van der Waals surface area contributed by atoms with Gasteiger partial charge in [-0.05, 0) is 47.1 Å². The Bertz CT molecular complexity index is 429. The number of aliphatic hydroxyl groups is 1. The Hall–Kier alpha value is -0.0500. The summed E-state index contributed by atoms with van der Waals surface area (Å²) in [6.07, 6.45) is 0.907. The van der Waals surface area contributed by atoms with Gasteiger partial charge in [-0.1, -0.05) is 12.8 Å². The molecule has 0 aromatic carbocycles. The molecule has 25 heavy (non-hydrogen) atoms. The number of hydrogen-bond donors (Lipinski definition) is 3. The van der Waals surface area contributed by atoms with Gasteiger partial charge in [-0.25, -0.2) is 4.57 Å². The van der Waals surface area contributed by atoms with E-state index in [4.69, 9.17) is 24.3 Å². The van der Waals surface area contributed by atoms with E-state index in [9.17, 15) is 14.6 Å². The second-order valence-electron chi connectivity index (χ2n) is 7.37. The number of rotatable bonds is 11. The van der Waals surface area contributed by atoms with Gasteiger partial charge < -0.3 is 25.2 Å². The largest absolute Gasteiger partial charge is 0.472 e. The van der Waals surface area contributed by atoms with Gasteiger partial charge >= 0.3 is 7.82 Å². The first-order valence-corrected chi connectivity index (χ1v) is 10.4. The van der Waals surface area contributed by atoms with Crippen LogP contribution < -0.4 is 5.73 Å². The standard InChI is InChI=1S/C16H34NO7P/c1-12-14(18)15(24-16(2,3)4)13(23-12)11-22-25(19,20)21-10-8-6-5-7-9-17/h12-15,18H,5-11,17H2,1-4H3,(H,19,20)/t12-,13+,14+,15-/m0/s1. The SMILES string of the molecule is C[C@@H]1O[C@H](COP(=O)(O)OCCCCCCN)[C@H](OC(C)(C)C)[C@@H]1O. The number of nitrogens with two attached hydrogens (primary N) is 1. The Labute approximate surface area is 150 Å². The molecular formula is C16H34NO7P. The molecule has 1 saturated heterocycles. The summed E-state index contributed by atoms with van der Waals surface area (Å²) in [4.78, 5) is 9.76. The van der Waals surface area contributed by atoms with Gasteiger partial charge in [0, 0.05) is 0 Å². The average Bonchev–Trinajstić information content (AvgIpc) is 2.75. The van der Waals surface area contributed by atoms with E-state index >= 15 is 0 Å². The summed E-state index contributed by atoms with van der Waals surface area (Å²) in [6, 6.07) is 0. The van der Waals surface area contributed by atoms with Gasteiger partial charge in [0.25, 0.3) is 0 Å². The second-order valence-corrected chi connectivity index (χ2v) is 8.82. The maximum absolute atomic E-state index is 11.9. The van der Waals surface area contributed by atoms with Crippen LogP contribution in [0.1, 0.15) is 53.4 Å². The molecular weight excluding hydrogens is 349 g/mol. The molecule has 0 radical (unpaired) electrons. The van der Waals surface area contributed by atoms with E-state index in [0.717, 1.165) is 19.3 Å². The van der Waals surface area contributed by atoms with Crippen LogP contribution in [0, 0.1) is 0 Å². The van der Waals surface area contributed by atoms with Crippen molar-refractivity contribution in [2.75, 3.05) is 19.8 Å². The zero-order chi connectivity index (χ0) is 19.1. The average molecular weight is 383 g/mol. The van der Waals surface area contributed by atoms with Crippen LogP contribution in [-0.2, 0) is 23.1 Å². The minimum atomic E-state index is -4.16. The van der Waals surface area contributed by atoms with E-state index in [1.165, 1.54) is 0 Å². The monoisotopic (exact) mass is 383 g/mol. The summed E-state index contributed by atoms with van der Waals surface area (Å²) < 4.78 is 33.4. The van der Waals surface area contributed by atoms with Crippen molar-refractivity contribution >= 4 is 7.82 Å². The normalized spacial score (nSPS) is 29.7. The third kappa shape index (κ3) is 8.93. The van der Waals surface area contributed by atoms with Crippen LogP contribution in [0.5, 0.6) is 0 Å². The Balaban J connectivity index is 2.41. The van der Waals surface area contributed by atoms with Crippen molar-refractivity contribution in [3.05, 3.63) is 0 Å². The Morgan fingerprint density at radius 2 is 1.80 bits per heavy atom. The summed E-state index contributed by atoms with van der Waals surface area (Å²) in [6.45, 7) is 7.92. The van der Waals surface area contributed by atoms with Crippen LogP contribution >= 0.6 is 7.82 Å². The van der Waals surface area contributed by atoms with Crippen LogP contribution in [-0.4, -0.2) is 59.8 Å². The molecule has 0 amide bonds. The van der Waals surface area contributed by atoms with Crippen molar-refractivity contribution in [3.63, 3.8) is 0 Å². The quantitative estimate of drug-likeness (QED) is 0.366. The van der Waals surface area contributed by atoms with Crippen LogP contribution in [0.15, 0.2) is 0 Å². The van der Waals surface area contributed by atoms with Crippen LogP contribution in [0.3, 0.4) is 0 Å². The summed E-state index contributed by atoms with van der Waals surface area (Å²) in [5.74, 6) is 0. The Kier molecular flexibility index (Phi) is 9.50. The van der Waals surface area contributed by atoms with Gasteiger partial charge in [-0.15, -0.1) is 0 Å². The highest BCUT2D eigenvalue weighted by Crippen LogP contribution is 2.44. The number of aliphatic hydroxyl groups excluding tert-OH is 1. The zero-order valence-electron chi connectivity index (χ0n) is 15.7. The van der Waals surface area contributed by atoms with Crippen molar-refractivity contribution < 1.29 is 33.1 Å². The third-order valence-electron chi connectivity index (χ3n) is 3.82. The smallest absolute Gasteiger partial charge is 0.388 e. The van der Waals surface area contributed by atoms with Crippen molar-refractivity contribution in [2.24, 2.45) is 5.73 Å². The zero-order valence-corrected chi connectivity index (χ0v) is 16.6. The highest BCUT2D eigenvalue weighted by Gasteiger charge is 2.45. The lowest BCUT2D eigenvalue weighted by atomic mass is 10.1. The van der Waals surface area contributed by atoms with Gasteiger partial charge in [0.05, 0.1) is 24.9 Å². The molecule has 0 bridgehead atoms. The fraction of sp³-hybridized carbons (Fsp3) is 1.00. The fourth-order valence-corrected chi connectivity index (χ4v) is 3.36. The van der Waals surface area contributed by atoms with E-state index in [1.807, 2.05) is 20.8 Å². The molecule has 0 spiro atoms. The van der Waals surface area contributed by atoms with Crippen molar-refractivity contribution in [3.8, 4) is 0 Å². The van der Waals surface area contributed by atoms with Gasteiger partial charge in [-0.2, -0.15) is 0 Å². The van der Waals surface area contributed by atoms with Crippen LogP contribution in [0.4, 0.5) is 0 Å². The lowest BCUT2D eigenvalue weighted by Gasteiger charge is -2.29. The Morgan fingerprint density at radius 3 is 2.40 bits per heavy atom. The maximum atomic E-state index is 11.9. The fourth-order valence-electron chi connectivity index (χ4n) is 2.59. The summed E-state index contributed by atoms with van der Waals surface area (Å²) in [7, 11) is -4.16. The van der Waals surface area contributed by atoms with Gasteiger partial charge in [0.1, 0.15) is 18.3 Å².